The van der Waals surface area contributed by atoms with Crippen molar-refractivity contribution in [2.24, 2.45) is 5.92 Å². The van der Waals surface area contributed by atoms with Crippen LogP contribution in [0.4, 0.5) is 4.79 Å². The van der Waals surface area contributed by atoms with E-state index in [0.717, 1.165) is 38.1 Å². The number of nitrogens with one attached hydrogen (secondary N) is 1. The second-order valence-electron chi connectivity index (χ2n) is 7.32. The van der Waals surface area contributed by atoms with Crippen molar-refractivity contribution in [3.8, 4) is 0 Å². The van der Waals surface area contributed by atoms with Crippen molar-refractivity contribution >= 4 is 6.09 Å². The van der Waals surface area contributed by atoms with Crippen LogP contribution in [-0.4, -0.2) is 42.5 Å². The summed E-state index contributed by atoms with van der Waals surface area (Å²) in [5.41, 5.74) is 0.883. The zero-order valence-electron chi connectivity index (χ0n) is 14.1. The molecule has 0 unspecified atom stereocenters. The number of benzene rings is 1. The van der Waals surface area contributed by atoms with Gasteiger partial charge in [0.2, 0.25) is 0 Å². The maximum atomic E-state index is 12.4. The highest BCUT2D eigenvalue weighted by atomic mass is 16.6. The van der Waals surface area contributed by atoms with Crippen molar-refractivity contribution in [1.29, 1.82) is 0 Å². The van der Waals surface area contributed by atoms with Crippen molar-refractivity contribution < 1.29 is 14.3 Å². The zero-order chi connectivity index (χ0) is 16.4. The van der Waals surface area contributed by atoms with Crippen LogP contribution in [0.3, 0.4) is 0 Å². The number of amides is 1. The van der Waals surface area contributed by atoms with Crippen LogP contribution in [0.5, 0.6) is 0 Å². The normalized spacial score (nSPS) is 28.6. The van der Waals surface area contributed by atoms with Crippen molar-refractivity contribution in [3.63, 3.8) is 0 Å². The van der Waals surface area contributed by atoms with E-state index in [-0.39, 0.29) is 11.8 Å². The van der Waals surface area contributed by atoms with Gasteiger partial charge in [0, 0.05) is 25.0 Å². The van der Waals surface area contributed by atoms with Gasteiger partial charge in [-0.05, 0) is 31.2 Å². The van der Waals surface area contributed by atoms with Gasteiger partial charge in [0.15, 0.2) is 0 Å². The number of likely N-dealkylation sites (tertiary alicyclic amines) is 1. The molecule has 4 rings (SSSR count). The molecule has 130 valence electrons. The Bertz CT molecular complexity index is 571. The summed E-state index contributed by atoms with van der Waals surface area (Å²) in [5.74, 6) is 0.377. The minimum Gasteiger partial charge on any atom is -0.445 e. The predicted octanol–water partition coefficient (Wildman–Crippen LogP) is 2.90. The first-order chi connectivity index (χ1) is 11.7. The van der Waals surface area contributed by atoms with Gasteiger partial charge in [0.1, 0.15) is 12.3 Å². The van der Waals surface area contributed by atoms with E-state index in [9.17, 15) is 4.79 Å². The molecular weight excluding hydrogens is 304 g/mol. The molecule has 2 saturated heterocycles. The molecule has 1 amide bonds. The Labute approximate surface area is 143 Å². The van der Waals surface area contributed by atoms with Gasteiger partial charge < -0.3 is 14.4 Å². The maximum absolute atomic E-state index is 12.4. The number of carbonyl (C=O) groups is 1. The SMILES string of the molecule is O=C(OCc1ccccc1)N1C[C@@H]2COC3(CCCCC3)N[C@@H]2C1. The first-order valence-electron chi connectivity index (χ1n) is 9.11. The summed E-state index contributed by atoms with van der Waals surface area (Å²) in [6.07, 6.45) is 5.73. The van der Waals surface area contributed by atoms with Crippen LogP contribution in [0, 0.1) is 5.92 Å². The summed E-state index contributed by atoms with van der Waals surface area (Å²) in [4.78, 5) is 14.2. The highest BCUT2D eigenvalue weighted by molar-refractivity contribution is 5.68. The molecule has 1 aromatic rings. The number of hydrogen-bond donors (Lipinski definition) is 1. The van der Waals surface area contributed by atoms with Gasteiger partial charge in [-0.25, -0.2) is 4.79 Å². The first kappa shape index (κ1) is 15.9. The number of rotatable bonds is 2. The molecule has 0 radical (unpaired) electrons. The maximum Gasteiger partial charge on any atom is 0.410 e. The lowest BCUT2D eigenvalue weighted by molar-refractivity contribution is -0.143. The summed E-state index contributed by atoms with van der Waals surface area (Å²) < 4.78 is 11.7. The van der Waals surface area contributed by atoms with Gasteiger partial charge >= 0.3 is 6.09 Å². The fourth-order valence-electron chi connectivity index (χ4n) is 4.22. The molecule has 2 atom stereocenters. The lowest BCUT2D eigenvalue weighted by atomic mass is 9.88. The van der Waals surface area contributed by atoms with Gasteiger partial charge in [-0.2, -0.15) is 0 Å². The lowest BCUT2D eigenvalue weighted by Gasteiger charge is -2.45. The standard InChI is InChI=1S/C19H26N2O3/c22-18(23-13-15-7-3-1-4-8-15)21-11-16-14-24-19(20-17(16)12-21)9-5-2-6-10-19/h1,3-4,7-8,16-17,20H,2,5-6,9-14H2/t16-,17-/m1/s1. The molecule has 1 spiro atoms. The van der Waals surface area contributed by atoms with Crippen LogP contribution in [0.1, 0.15) is 37.7 Å². The third-order valence-corrected chi connectivity index (χ3v) is 5.59. The molecular formula is C19H26N2O3. The van der Waals surface area contributed by atoms with E-state index in [1.54, 1.807) is 0 Å². The Morgan fingerprint density at radius 2 is 2.00 bits per heavy atom. The quantitative estimate of drug-likeness (QED) is 0.906. The van der Waals surface area contributed by atoms with E-state index in [0.29, 0.717) is 18.6 Å². The van der Waals surface area contributed by atoms with Crippen molar-refractivity contribution in [2.45, 2.75) is 50.5 Å². The summed E-state index contributed by atoms with van der Waals surface area (Å²) >= 11 is 0. The monoisotopic (exact) mass is 330 g/mol. The average Bonchev–Trinajstić information content (AvgIpc) is 3.04. The summed E-state index contributed by atoms with van der Waals surface area (Å²) in [6, 6.07) is 10.2. The van der Waals surface area contributed by atoms with Gasteiger partial charge in [-0.3, -0.25) is 5.32 Å². The highest BCUT2D eigenvalue weighted by Crippen LogP contribution is 2.36. The van der Waals surface area contributed by atoms with E-state index < -0.39 is 0 Å². The van der Waals surface area contributed by atoms with Crippen molar-refractivity contribution in [1.82, 2.24) is 10.2 Å². The zero-order valence-corrected chi connectivity index (χ0v) is 14.1. The molecule has 0 aromatic heterocycles. The smallest absolute Gasteiger partial charge is 0.410 e. The Morgan fingerprint density at radius 1 is 1.21 bits per heavy atom. The highest BCUT2D eigenvalue weighted by Gasteiger charge is 2.46. The predicted molar refractivity (Wildman–Crippen MR) is 90.4 cm³/mol. The lowest BCUT2D eigenvalue weighted by Crippen LogP contribution is -2.60. The molecule has 0 bridgehead atoms. The minimum absolute atomic E-state index is 0.136. The van der Waals surface area contributed by atoms with E-state index in [2.05, 4.69) is 5.32 Å². The number of hydrogen-bond acceptors (Lipinski definition) is 4. The Balaban J connectivity index is 1.32. The molecule has 24 heavy (non-hydrogen) atoms. The molecule has 1 N–H and O–H groups in total. The molecule has 1 saturated carbocycles. The number of ether oxygens (including phenoxy) is 2. The number of nitrogens with zero attached hydrogens (tertiary/aromatic N) is 1. The molecule has 5 heteroatoms. The van der Waals surface area contributed by atoms with Crippen molar-refractivity contribution in [3.05, 3.63) is 35.9 Å². The van der Waals surface area contributed by atoms with E-state index >= 15 is 0 Å². The molecule has 1 aliphatic carbocycles. The third kappa shape index (κ3) is 3.28. The molecule has 2 aliphatic heterocycles. The van der Waals surface area contributed by atoms with Crippen LogP contribution in [-0.2, 0) is 16.1 Å². The van der Waals surface area contributed by atoms with Crippen LogP contribution in [0.2, 0.25) is 0 Å². The first-order valence-corrected chi connectivity index (χ1v) is 9.11. The average molecular weight is 330 g/mol. The summed E-state index contributed by atoms with van der Waals surface area (Å²) in [6.45, 7) is 2.53. The minimum atomic E-state index is -0.215. The second kappa shape index (κ2) is 6.73. The molecule has 3 aliphatic rings. The Kier molecular flexibility index (Phi) is 4.46. The molecule has 1 aromatic carbocycles. The van der Waals surface area contributed by atoms with E-state index in [1.165, 1.54) is 19.3 Å². The topological polar surface area (TPSA) is 50.8 Å². The largest absolute Gasteiger partial charge is 0.445 e. The van der Waals surface area contributed by atoms with E-state index in [1.807, 2.05) is 35.2 Å². The van der Waals surface area contributed by atoms with Crippen LogP contribution in [0.25, 0.3) is 0 Å². The number of fused-ring (bicyclic) bond motifs is 1. The summed E-state index contributed by atoms with van der Waals surface area (Å²) in [5, 5.41) is 3.72. The summed E-state index contributed by atoms with van der Waals surface area (Å²) in [7, 11) is 0. The fraction of sp³-hybridized carbons (Fsp3) is 0.632. The van der Waals surface area contributed by atoms with Crippen LogP contribution >= 0.6 is 0 Å². The van der Waals surface area contributed by atoms with Crippen LogP contribution in [0.15, 0.2) is 30.3 Å². The fourth-order valence-corrected chi connectivity index (χ4v) is 4.22. The molecule has 2 heterocycles. The van der Waals surface area contributed by atoms with E-state index in [4.69, 9.17) is 9.47 Å². The number of carbonyl (C=O) groups excluding carboxylic acids is 1. The van der Waals surface area contributed by atoms with Gasteiger partial charge in [0.25, 0.3) is 0 Å². The van der Waals surface area contributed by atoms with Gasteiger partial charge in [-0.15, -0.1) is 0 Å². The Hall–Kier alpha value is -1.59. The molecule has 5 nitrogen and oxygen atoms in total. The van der Waals surface area contributed by atoms with Gasteiger partial charge in [-0.1, -0.05) is 36.8 Å². The van der Waals surface area contributed by atoms with Gasteiger partial charge in [0.05, 0.1) is 6.61 Å². The Morgan fingerprint density at radius 3 is 2.79 bits per heavy atom. The second-order valence-corrected chi connectivity index (χ2v) is 7.32. The molecule has 3 fully saturated rings. The van der Waals surface area contributed by atoms with Crippen molar-refractivity contribution in [2.75, 3.05) is 19.7 Å². The van der Waals surface area contributed by atoms with Crippen LogP contribution < -0.4 is 5.32 Å². The third-order valence-electron chi connectivity index (χ3n) is 5.59.